The number of nitrogens with zero attached hydrogens (tertiary/aromatic N) is 2. The van der Waals surface area contributed by atoms with Crippen LogP contribution in [0.25, 0.3) is 10.6 Å². The fourth-order valence-corrected chi connectivity index (χ4v) is 4.33. The first-order valence-corrected chi connectivity index (χ1v) is 11.2. The summed E-state index contributed by atoms with van der Waals surface area (Å²) in [6, 6.07) is 13.4. The van der Waals surface area contributed by atoms with Crippen molar-refractivity contribution in [1.82, 2.24) is 4.98 Å². The van der Waals surface area contributed by atoms with Crippen molar-refractivity contribution in [1.29, 1.82) is 5.26 Å². The molecule has 0 spiro atoms. The van der Waals surface area contributed by atoms with Gasteiger partial charge in [0.15, 0.2) is 6.61 Å². The summed E-state index contributed by atoms with van der Waals surface area (Å²) in [5.41, 5.74) is 0.494. The highest BCUT2D eigenvalue weighted by atomic mass is 32.2. The van der Waals surface area contributed by atoms with Crippen LogP contribution in [0.1, 0.15) is 20.9 Å². The first-order chi connectivity index (χ1) is 15.7. The van der Waals surface area contributed by atoms with Crippen molar-refractivity contribution >= 4 is 40.7 Å². The lowest BCUT2D eigenvalue weighted by Gasteiger charge is -2.09. The molecule has 0 aliphatic heterocycles. The zero-order chi connectivity index (χ0) is 24.0. The van der Waals surface area contributed by atoms with Gasteiger partial charge in [0.1, 0.15) is 9.88 Å². The van der Waals surface area contributed by atoms with E-state index in [1.807, 2.05) is 6.07 Å². The van der Waals surface area contributed by atoms with Gasteiger partial charge in [-0.3, -0.25) is 4.79 Å². The Morgan fingerprint density at radius 2 is 1.88 bits per heavy atom. The molecular formula is C22H16F3N3O3S2. The molecule has 1 aromatic heterocycles. The highest BCUT2D eigenvalue weighted by molar-refractivity contribution is 7.99. The Kier molecular flexibility index (Phi) is 7.73. The van der Waals surface area contributed by atoms with E-state index >= 15 is 0 Å². The maximum absolute atomic E-state index is 12.7. The summed E-state index contributed by atoms with van der Waals surface area (Å²) in [5.74, 6) is -1.10. The third kappa shape index (κ3) is 6.34. The summed E-state index contributed by atoms with van der Waals surface area (Å²) in [6.45, 7) is 1.03. The SMILES string of the molecule is Cc1nc(-c2ccc(C(F)(F)F)cc2)sc1C(=O)OCC(=O)Nc1ccccc1SCC#N. The van der Waals surface area contributed by atoms with Gasteiger partial charge in [0.25, 0.3) is 5.91 Å². The minimum atomic E-state index is -4.44. The van der Waals surface area contributed by atoms with Crippen LogP contribution in [-0.2, 0) is 15.7 Å². The van der Waals surface area contributed by atoms with Crippen molar-refractivity contribution in [2.75, 3.05) is 17.7 Å². The van der Waals surface area contributed by atoms with Crippen LogP contribution in [0.3, 0.4) is 0 Å². The highest BCUT2D eigenvalue weighted by Gasteiger charge is 2.30. The van der Waals surface area contributed by atoms with Gasteiger partial charge in [0, 0.05) is 10.5 Å². The largest absolute Gasteiger partial charge is 0.451 e. The summed E-state index contributed by atoms with van der Waals surface area (Å²) >= 11 is 2.23. The molecule has 0 bridgehead atoms. The fraction of sp³-hybridized carbons (Fsp3) is 0.182. The molecule has 2 aromatic carbocycles. The molecule has 0 saturated heterocycles. The topological polar surface area (TPSA) is 92.1 Å². The van der Waals surface area contributed by atoms with Crippen LogP contribution in [-0.4, -0.2) is 29.2 Å². The molecule has 33 heavy (non-hydrogen) atoms. The van der Waals surface area contributed by atoms with Gasteiger partial charge in [-0.15, -0.1) is 23.1 Å². The molecule has 0 atom stereocenters. The Labute approximate surface area is 195 Å². The van der Waals surface area contributed by atoms with Crippen LogP contribution in [0, 0.1) is 18.3 Å². The number of thiazole rings is 1. The molecule has 0 aliphatic rings. The number of aryl methyl sites for hydroxylation is 1. The average molecular weight is 492 g/mol. The first kappa shape index (κ1) is 24.3. The van der Waals surface area contributed by atoms with E-state index in [1.165, 1.54) is 23.9 Å². The van der Waals surface area contributed by atoms with E-state index in [0.717, 1.165) is 23.5 Å². The second-order valence-electron chi connectivity index (χ2n) is 6.58. The average Bonchev–Trinajstić information content (AvgIpc) is 3.18. The maximum Gasteiger partial charge on any atom is 0.416 e. The number of esters is 1. The lowest BCUT2D eigenvalue weighted by Crippen LogP contribution is -2.21. The Bertz CT molecular complexity index is 1200. The van der Waals surface area contributed by atoms with E-state index in [-0.39, 0.29) is 10.6 Å². The molecule has 1 amide bonds. The molecule has 0 saturated carbocycles. The van der Waals surface area contributed by atoms with Crippen molar-refractivity contribution in [2.24, 2.45) is 0 Å². The number of hydrogen-bond acceptors (Lipinski definition) is 7. The van der Waals surface area contributed by atoms with Crippen molar-refractivity contribution in [3.05, 3.63) is 64.7 Å². The molecule has 11 heteroatoms. The van der Waals surface area contributed by atoms with E-state index < -0.39 is 30.2 Å². The molecule has 0 fully saturated rings. The molecule has 0 radical (unpaired) electrons. The highest BCUT2D eigenvalue weighted by Crippen LogP contribution is 2.33. The summed E-state index contributed by atoms with van der Waals surface area (Å²) in [6.07, 6.45) is -4.44. The zero-order valence-electron chi connectivity index (χ0n) is 17.1. The Morgan fingerprint density at radius 3 is 2.55 bits per heavy atom. The van der Waals surface area contributed by atoms with E-state index in [4.69, 9.17) is 10.00 Å². The predicted molar refractivity (Wildman–Crippen MR) is 119 cm³/mol. The number of ether oxygens (including phenoxy) is 1. The van der Waals surface area contributed by atoms with Gasteiger partial charge in [-0.2, -0.15) is 18.4 Å². The smallest absolute Gasteiger partial charge is 0.416 e. The Hall–Kier alpha value is -3.36. The van der Waals surface area contributed by atoms with Crippen LogP contribution in [0.15, 0.2) is 53.4 Å². The van der Waals surface area contributed by atoms with Gasteiger partial charge in [0.05, 0.1) is 28.8 Å². The fourth-order valence-electron chi connectivity index (χ4n) is 2.70. The Balaban J connectivity index is 1.63. The molecule has 1 N–H and O–H groups in total. The molecule has 3 aromatic rings. The molecular weight excluding hydrogens is 475 g/mol. The van der Waals surface area contributed by atoms with Crippen molar-refractivity contribution < 1.29 is 27.5 Å². The standard InChI is InChI=1S/C22H16F3N3O3S2/c1-13-19(33-20(27-13)14-6-8-15(9-7-14)22(23,24)25)21(30)31-12-18(29)28-16-4-2-3-5-17(16)32-11-10-26/h2-9H,11-12H2,1H3,(H,28,29). The minimum absolute atomic E-state index is 0.155. The van der Waals surface area contributed by atoms with Gasteiger partial charge >= 0.3 is 12.1 Å². The minimum Gasteiger partial charge on any atom is -0.451 e. The second kappa shape index (κ2) is 10.5. The number of anilines is 1. The molecule has 0 aliphatic carbocycles. The molecule has 3 rings (SSSR count). The summed E-state index contributed by atoms with van der Waals surface area (Å²) in [5, 5.41) is 11.7. The number of aromatic nitrogens is 1. The number of benzene rings is 2. The maximum atomic E-state index is 12.7. The number of amides is 1. The van der Waals surface area contributed by atoms with Crippen LogP contribution >= 0.6 is 23.1 Å². The number of thioether (sulfide) groups is 1. The number of nitrogens with one attached hydrogen (secondary N) is 1. The zero-order valence-corrected chi connectivity index (χ0v) is 18.7. The number of carbonyl (C=O) groups excluding carboxylic acids is 2. The first-order valence-electron chi connectivity index (χ1n) is 9.40. The van der Waals surface area contributed by atoms with E-state index in [2.05, 4.69) is 10.3 Å². The number of halogens is 3. The van der Waals surface area contributed by atoms with Crippen LogP contribution in [0.2, 0.25) is 0 Å². The number of rotatable bonds is 7. The van der Waals surface area contributed by atoms with E-state index in [9.17, 15) is 22.8 Å². The van der Waals surface area contributed by atoms with E-state index in [0.29, 0.717) is 26.8 Å². The number of carbonyl (C=O) groups is 2. The van der Waals surface area contributed by atoms with Gasteiger partial charge in [0.2, 0.25) is 0 Å². The van der Waals surface area contributed by atoms with Crippen LogP contribution in [0.4, 0.5) is 18.9 Å². The lowest BCUT2D eigenvalue weighted by atomic mass is 10.1. The summed E-state index contributed by atoms with van der Waals surface area (Å²) in [4.78, 5) is 29.8. The van der Waals surface area contributed by atoms with Gasteiger partial charge in [-0.1, -0.05) is 24.3 Å². The number of nitriles is 1. The Morgan fingerprint density at radius 1 is 1.18 bits per heavy atom. The molecule has 1 heterocycles. The lowest BCUT2D eigenvalue weighted by molar-refractivity contribution is -0.137. The molecule has 6 nitrogen and oxygen atoms in total. The number of alkyl halides is 3. The van der Waals surface area contributed by atoms with Crippen molar-refractivity contribution in [3.8, 4) is 16.6 Å². The summed E-state index contributed by atoms with van der Waals surface area (Å²) < 4.78 is 43.3. The number of hydrogen-bond donors (Lipinski definition) is 1. The van der Waals surface area contributed by atoms with Crippen LogP contribution < -0.4 is 5.32 Å². The predicted octanol–water partition coefficient (Wildman–Crippen LogP) is 5.55. The van der Waals surface area contributed by atoms with E-state index in [1.54, 1.807) is 31.2 Å². The third-order valence-electron chi connectivity index (χ3n) is 4.23. The van der Waals surface area contributed by atoms with Gasteiger partial charge in [-0.25, -0.2) is 9.78 Å². The number of para-hydroxylation sites is 1. The van der Waals surface area contributed by atoms with Crippen LogP contribution in [0.5, 0.6) is 0 Å². The monoisotopic (exact) mass is 491 g/mol. The molecule has 170 valence electrons. The quantitative estimate of drug-likeness (QED) is 0.344. The third-order valence-corrected chi connectivity index (χ3v) is 6.36. The van der Waals surface area contributed by atoms with Gasteiger partial charge < -0.3 is 10.1 Å². The van der Waals surface area contributed by atoms with Crippen molar-refractivity contribution in [3.63, 3.8) is 0 Å². The summed E-state index contributed by atoms with van der Waals surface area (Å²) in [7, 11) is 0. The van der Waals surface area contributed by atoms with Gasteiger partial charge in [-0.05, 0) is 31.2 Å². The molecule has 0 unspecified atom stereocenters. The normalized spacial score (nSPS) is 11.0. The second-order valence-corrected chi connectivity index (χ2v) is 8.59. The van der Waals surface area contributed by atoms with Crippen molar-refractivity contribution in [2.45, 2.75) is 18.0 Å².